The summed E-state index contributed by atoms with van der Waals surface area (Å²) in [5.74, 6) is 0. The summed E-state index contributed by atoms with van der Waals surface area (Å²) in [4.78, 5) is 8.11. The van der Waals surface area contributed by atoms with Crippen LogP contribution >= 0.6 is 11.3 Å². The van der Waals surface area contributed by atoms with Crippen molar-refractivity contribution < 1.29 is 5.11 Å². The van der Waals surface area contributed by atoms with Crippen LogP contribution in [-0.2, 0) is 18.6 Å². The Balaban J connectivity index is 1.60. The predicted molar refractivity (Wildman–Crippen MR) is 107 cm³/mol. The van der Waals surface area contributed by atoms with E-state index in [9.17, 15) is 5.11 Å². The fourth-order valence-electron chi connectivity index (χ4n) is 3.98. The van der Waals surface area contributed by atoms with Gasteiger partial charge in [0.2, 0.25) is 0 Å². The fraction of sp³-hybridized carbons (Fsp3) is 0.318. The molecule has 0 saturated carbocycles. The molecule has 0 saturated heterocycles. The third-order valence-corrected chi connectivity index (χ3v) is 6.15. The number of β-amino-alcohol motifs (C(OH)–C–C–N with tert-alkyl or cyclic N) is 1. The van der Waals surface area contributed by atoms with E-state index < -0.39 is 5.60 Å². The van der Waals surface area contributed by atoms with Crippen LogP contribution in [0.25, 0.3) is 11.1 Å². The summed E-state index contributed by atoms with van der Waals surface area (Å²) in [6.07, 6.45) is 0.970. The summed E-state index contributed by atoms with van der Waals surface area (Å²) in [5, 5.41) is 11.3. The average molecular weight is 365 g/mol. The molecule has 0 fully saturated rings. The smallest absolute Gasteiger partial charge is 0.0997 e. The zero-order valence-corrected chi connectivity index (χ0v) is 16.1. The Morgan fingerprint density at radius 1 is 1.15 bits per heavy atom. The highest BCUT2D eigenvalue weighted by Gasteiger charge is 2.30. The van der Waals surface area contributed by atoms with Gasteiger partial charge in [-0.05, 0) is 36.1 Å². The third kappa shape index (κ3) is 3.32. The van der Waals surface area contributed by atoms with E-state index in [0.29, 0.717) is 6.54 Å². The molecule has 4 rings (SSSR count). The van der Waals surface area contributed by atoms with E-state index >= 15 is 0 Å². The van der Waals surface area contributed by atoms with E-state index in [1.54, 1.807) is 11.3 Å². The van der Waals surface area contributed by atoms with Gasteiger partial charge in [-0.25, -0.2) is 4.98 Å². The van der Waals surface area contributed by atoms with Gasteiger partial charge in [-0.3, -0.25) is 4.90 Å². The molecule has 0 aliphatic carbocycles. The molecule has 2 aromatic carbocycles. The lowest BCUT2D eigenvalue weighted by atomic mass is 9.87. The molecule has 26 heavy (non-hydrogen) atoms. The SMILES string of the molecule is Cc1c(-c2ccccc2)cccc1[C@](C)(O)CN1CCc2ncsc2C1. The molecule has 2 heterocycles. The highest BCUT2D eigenvalue weighted by atomic mass is 32.1. The van der Waals surface area contributed by atoms with E-state index in [2.05, 4.69) is 59.3 Å². The van der Waals surface area contributed by atoms with Gasteiger partial charge in [0, 0.05) is 30.9 Å². The molecule has 1 N–H and O–H groups in total. The largest absolute Gasteiger partial charge is 0.384 e. The average Bonchev–Trinajstić information content (AvgIpc) is 3.10. The Bertz CT molecular complexity index is 902. The maximum absolute atomic E-state index is 11.3. The number of thiazole rings is 1. The Morgan fingerprint density at radius 3 is 2.77 bits per heavy atom. The summed E-state index contributed by atoms with van der Waals surface area (Å²) in [6.45, 7) is 6.51. The summed E-state index contributed by atoms with van der Waals surface area (Å²) in [5.41, 5.74) is 6.81. The van der Waals surface area contributed by atoms with E-state index in [1.807, 2.05) is 18.5 Å². The van der Waals surface area contributed by atoms with Gasteiger partial charge < -0.3 is 5.11 Å². The second-order valence-corrected chi connectivity index (χ2v) is 8.24. The number of hydrogen-bond donors (Lipinski definition) is 1. The molecule has 0 radical (unpaired) electrons. The van der Waals surface area contributed by atoms with Crippen LogP contribution in [0, 0.1) is 6.92 Å². The quantitative estimate of drug-likeness (QED) is 0.746. The minimum Gasteiger partial charge on any atom is -0.384 e. The summed E-state index contributed by atoms with van der Waals surface area (Å²) < 4.78 is 0. The molecular formula is C22H24N2OS. The van der Waals surface area contributed by atoms with Crippen molar-refractivity contribution in [2.24, 2.45) is 0 Å². The van der Waals surface area contributed by atoms with E-state index in [-0.39, 0.29) is 0 Å². The lowest BCUT2D eigenvalue weighted by Gasteiger charge is -2.35. The van der Waals surface area contributed by atoms with Crippen molar-refractivity contribution >= 4 is 11.3 Å². The highest BCUT2D eigenvalue weighted by molar-refractivity contribution is 7.09. The van der Waals surface area contributed by atoms with Gasteiger partial charge >= 0.3 is 0 Å². The molecule has 1 aromatic heterocycles. The number of benzene rings is 2. The first kappa shape index (κ1) is 17.4. The van der Waals surface area contributed by atoms with Crippen LogP contribution in [0.2, 0.25) is 0 Å². The molecule has 1 aliphatic rings. The van der Waals surface area contributed by atoms with Crippen LogP contribution in [0.4, 0.5) is 0 Å². The minimum atomic E-state index is -0.892. The highest BCUT2D eigenvalue weighted by Crippen LogP contribution is 2.33. The molecule has 3 aromatic rings. The van der Waals surface area contributed by atoms with Gasteiger partial charge in [0.15, 0.2) is 0 Å². The lowest BCUT2D eigenvalue weighted by Crippen LogP contribution is -2.41. The molecule has 3 nitrogen and oxygen atoms in total. The Labute approximate surface area is 159 Å². The maximum Gasteiger partial charge on any atom is 0.0997 e. The Morgan fingerprint density at radius 2 is 1.96 bits per heavy atom. The first-order valence-corrected chi connectivity index (χ1v) is 9.94. The molecule has 1 atom stereocenters. The van der Waals surface area contributed by atoms with Gasteiger partial charge in [0.05, 0.1) is 16.8 Å². The van der Waals surface area contributed by atoms with Gasteiger partial charge in [0.25, 0.3) is 0 Å². The van der Waals surface area contributed by atoms with Gasteiger partial charge in [-0.1, -0.05) is 48.5 Å². The molecule has 0 spiro atoms. The second-order valence-electron chi connectivity index (χ2n) is 7.30. The number of fused-ring (bicyclic) bond motifs is 1. The Kier molecular flexibility index (Phi) is 4.65. The van der Waals surface area contributed by atoms with Crippen molar-refractivity contribution in [1.82, 2.24) is 9.88 Å². The van der Waals surface area contributed by atoms with E-state index in [0.717, 1.165) is 30.6 Å². The molecule has 0 unspecified atom stereocenters. The number of nitrogens with zero attached hydrogens (tertiary/aromatic N) is 2. The van der Waals surface area contributed by atoms with Gasteiger partial charge in [0.1, 0.15) is 0 Å². The van der Waals surface area contributed by atoms with E-state index in [1.165, 1.54) is 21.7 Å². The maximum atomic E-state index is 11.3. The topological polar surface area (TPSA) is 36.4 Å². The zero-order chi connectivity index (χ0) is 18.1. The van der Waals surface area contributed by atoms with Crippen molar-refractivity contribution in [3.8, 4) is 11.1 Å². The second kappa shape index (κ2) is 6.95. The summed E-state index contributed by atoms with van der Waals surface area (Å²) >= 11 is 1.72. The summed E-state index contributed by atoms with van der Waals surface area (Å²) in [6, 6.07) is 16.6. The monoisotopic (exact) mass is 364 g/mol. The molecule has 4 heteroatoms. The van der Waals surface area contributed by atoms with Gasteiger partial charge in [-0.2, -0.15) is 0 Å². The standard InChI is InChI=1S/C22H24N2OS/c1-16-18(17-7-4-3-5-8-17)9-6-10-19(16)22(2,25)14-24-12-11-20-21(13-24)26-15-23-20/h3-10,15,25H,11-14H2,1-2H3/t22-/m1/s1. The van der Waals surface area contributed by atoms with Crippen molar-refractivity contribution in [3.63, 3.8) is 0 Å². The minimum absolute atomic E-state index is 0.628. The number of rotatable bonds is 4. The molecule has 0 amide bonds. The van der Waals surface area contributed by atoms with Crippen LogP contribution < -0.4 is 0 Å². The molecule has 134 valence electrons. The van der Waals surface area contributed by atoms with Crippen molar-refractivity contribution in [1.29, 1.82) is 0 Å². The van der Waals surface area contributed by atoms with Crippen LogP contribution in [0.1, 0.15) is 28.6 Å². The van der Waals surface area contributed by atoms with Crippen molar-refractivity contribution in [3.05, 3.63) is 75.7 Å². The lowest BCUT2D eigenvalue weighted by molar-refractivity contribution is 0.0115. The van der Waals surface area contributed by atoms with E-state index in [4.69, 9.17) is 0 Å². The predicted octanol–water partition coefficient (Wildman–Crippen LogP) is 4.38. The Hall–Kier alpha value is -2.01. The fourth-order valence-corrected chi connectivity index (χ4v) is 4.83. The number of aromatic nitrogens is 1. The number of hydrogen-bond acceptors (Lipinski definition) is 4. The molecule has 1 aliphatic heterocycles. The van der Waals surface area contributed by atoms with Gasteiger partial charge in [-0.15, -0.1) is 11.3 Å². The van der Waals surface area contributed by atoms with Crippen LogP contribution in [0.5, 0.6) is 0 Å². The first-order valence-electron chi connectivity index (χ1n) is 9.06. The molecular weight excluding hydrogens is 340 g/mol. The number of aliphatic hydroxyl groups is 1. The van der Waals surface area contributed by atoms with Crippen LogP contribution in [0.3, 0.4) is 0 Å². The van der Waals surface area contributed by atoms with Crippen LogP contribution in [0.15, 0.2) is 54.0 Å². The van der Waals surface area contributed by atoms with Crippen molar-refractivity contribution in [2.75, 3.05) is 13.1 Å². The zero-order valence-electron chi connectivity index (χ0n) is 15.3. The third-order valence-electron chi connectivity index (χ3n) is 5.29. The van der Waals surface area contributed by atoms with Crippen molar-refractivity contribution in [2.45, 2.75) is 32.4 Å². The summed E-state index contributed by atoms with van der Waals surface area (Å²) in [7, 11) is 0. The van der Waals surface area contributed by atoms with Crippen LogP contribution in [-0.4, -0.2) is 28.1 Å². The molecule has 0 bridgehead atoms. The normalized spacial score (nSPS) is 16.9. The first-order chi connectivity index (χ1) is 12.5.